The Labute approximate surface area is 56.5 Å². The maximum atomic E-state index is 5.46. The van der Waals surface area contributed by atoms with Crippen LogP contribution in [0.3, 0.4) is 0 Å². The Morgan fingerprint density at radius 2 is 2.12 bits per heavy atom. The second kappa shape index (κ2) is 5.17. The molecule has 8 heavy (non-hydrogen) atoms. The maximum Gasteiger partial charge on any atom is 0.0226 e. The van der Waals surface area contributed by atoms with E-state index in [9.17, 15) is 0 Å². The summed E-state index contributed by atoms with van der Waals surface area (Å²) in [6.07, 6.45) is 4.45. The highest BCUT2D eigenvalue weighted by atomic mass is 35.5. The van der Waals surface area contributed by atoms with Gasteiger partial charge in [0.25, 0.3) is 0 Å². The van der Waals surface area contributed by atoms with Gasteiger partial charge >= 0.3 is 0 Å². The molecule has 0 aromatic heterocycles. The molecule has 0 spiro atoms. The second-order valence-corrected chi connectivity index (χ2v) is 2.49. The molecule has 0 bridgehead atoms. The Hall–Kier alpha value is 0.0300. The van der Waals surface area contributed by atoms with Crippen LogP contribution in [-0.4, -0.2) is 5.88 Å². The lowest BCUT2D eigenvalue weighted by Crippen LogP contribution is -1.71. The highest BCUT2D eigenvalue weighted by molar-refractivity contribution is 6.17. The van der Waals surface area contributed by atoms with Gasteiger partial charge < -0.3 is 0 Å². The Bertz CT molecular complexity index is 70.5. The molecule has 0 N–H and O–H groups in total. The van der Waals surface area contributed by atoms with E-state index in [1.165, 1.54) is 5.57 Å². The zero-order valence-electron chi connectivity index (χ0n) is 5.58. The van der Waals surface area contributed by atoms with Gasteiger partial charge in [-0.15, -0.1) is 11.6 Å². The lowest BCUT2D eigenvalue weighted by Gasteiger charge is -1.88. The van der Waals surface area contributed by atoms with Gasteiger partial charge in [-0.2, -0.15) is 0 Å². The van der Waals surface area contributed by atoms with Gasteiger partial charge in [0.1, 0.15) is 0 Å². The van der Waals surface area contributed by atoms with E-state index in [0.29, 0.717) is 0 Å². The van der Waals surface area contributed by atoms with Crippen LogP contribution in [0.15, 0.2) is 11.6 Å². The van der Waals surface area contributed by atoms with Crippen LogP contribution in [0.4, 0.5) is 0 Å². The summed E-state index contributed by atoms with van der Waals surface area (Å²) >= 11 is 5.46. The van der Waals surface area contributed by atoms with E-state index in [0.717, 1.165) is 18.7 Å². The maximum absolute atomic E-state index is 5.46. The number of hydrogen-bond acceptors (Lipinski definition) is 0. The van der Waals surface area contributed by atoms with Gasteiger partial charge in [-0.05, 0) is 26.7 Å². The van der Waals surface area contributed by atoms with Crippen LogP contribution in [0.1, 0.15) is 26.7 Å². The van der Waals surface area contributed by atoms with Crippen molar-refractivity contribution in [1.29, 1.82) is 0 Å². The highest BCUT2D eigenvalue weighted by Crippen LogP contribution is 1.97. The Balaban J connectivity index is 3.03. The minimum atomic E-state index is 0.782. The van der Waals surface area contributed by atoms with Crippen molar-refractivity contribution >= 4 is 11.6 Å². The Morgan fingerprint density at radius 1 is 1.50 bits per heavy atom. The van der Waals surface area contributed by atoms with Gasteiger partial charge in [0, 0.05) is 5.88 Å². The lowest BCUT2D eigenvalue weighted by molar-refractivity contribution is 0.956. The molecule has 0 rings (SSSR count). The Morgan fingerprint density at radius 3 is 2.50 bits per heavy atom. The van der Waals surface area contributed by atoms with Crippen LogP contribution in [0.5, 0.6) is 0 Å². The first-order valence-corrected chi connectivity index (χ1v) is 3.50. The molecule has 0 heterocycles. The predicted molar refractivity (Wildman–Crippen MR) is 39.4 cm³/mol. The van der Waals surface area contributed by atoms with Crippen molar-refractivity contribution < 1.29 is 0 Å². The third kappa shape index (κ3) is 6.03. The average Bonchev–Trinajstić information content (AvgIpc) is 1.66. The van der Waals surface area contributed by atoms with Gasteiger partial charge in [0.2, 0.25) is 0 Å². The molecule has 0 nitrogen and oxygen atoms in total. The number of rotatable bonds is 3. The predicted octanol–water partition coefficient (Wildman–Crippen LogP) is 2.97. The molecule has 48 valence electrons. The normalized spacial score (nSPS) is 8.88. The van der Waals surface area contributed by atoms with E-state index in [-0.39, 0.29) is 0 Å². The quantitative estimate of drug-likeness (QED) is 0.315. The van der Waals surface area contributed by atoms with Crippen molar-refractivity contribution in [1.82, 2.24) is 0 Å². The second-order valence-electron chi connectivity index (χ2n) is 2.11. The molecule has 0 aliphatic rings. The van der Waals surface area contributed by atoms with Gasteiger partial charge in [-0.3, -0.25) is 0 Å². The molecule has 0 aromatic rings. The van der Waals surface area contributed by atoms with Crippen molar-refractivity contribution in [2.45, 2.75) is 26.7 Å². The minimum Gasteiger partial charge on any atom is -0.127 e. The molecule has 1 heteroatoms. The van der Waals surface area contributed by atoms with Crippen LogP contribution in [0.25, 0.3) is 0 Å². The molecule has 0 saturated heterocycles. The van der Waals surface area contributed by atoms with Crippen LogP contribution in [0.2, 0.25) is 0 Å². The monoisotopic (exact) mass is 132 g/mol. The zero-order chi connectivity index (χ0) is 6.41. The number of halogens is 1. The van der Waals surface area contributed by atoms with Crippen molar-refractivity contribution in [3.8, 4) is 0 Å². The summed E-state index contributed by atoms with van der Waals surface area (Å²) in [5, 5.41) is 0. The standard InChI is InChI=1S/C7H13Cl/c1-7(2)5-3-4-6-8/h5H,3-4,6H2,1-2H3. The summed E-state index contributed by atoms with van der Waals surface area (Å²) in [7, 11) is 0. The SMILES string of the molecule is CC(C)=CCCCCl. The van der Waals surface area contributed by atoms with E-state index >= 15 is 0 Å². The van der Waals surface area contributed by atoms with E-state index in [1.807, 2.05) is 0 Å². The first kappa shape index (κ1) is 8.03. The summed E-state index contributed by atoms with van der Waals surface area (Å²) in [4.78, 5) is 0. The fourth-order valence-electron chi connectivity index (χ4n) is 0.468. The van der Waals surface area contributed by atoms with Crippen LogP contribution < -0.4 is 0 Å². The van der Waals surface area contributed by atoms with Gasteiger partial charge in [0.15, 0.2) is 0 Å². The van der Waals surface area contributed by atoms with E-state index in [2.05, 4.69) is 19.9 Å². The number of unbranched alkanes of at least 4 members (excludes halogenated alkanes) is 1. The smallest absolute Gasteiger partial charge is 0.0226 e. The third-order valence-corrected chi connectivity index (χ3v) is 1.16. The van der Waals surface area contributed by atoms with Crippen molar-refractivity contribution in [3.05, 3.63) is 11.6 Å². The molecule has 0 atom stereocenters. The van der Waals surface area contributed by atoms with Crippen molar-refractivity contribution in [3.63, 3.8) is 0 Å². The Kier molecular flexibility index (Phi) is 5.19. The number of allylic oxidation sites excluding steroid dienone is 2. The molecule has 0 radical (unpaired) electrons. The fraction of sp³-hybridized carbons (Fsp3) is 0.714. The van der Waals surface area contributed by atoms with Crippen molar-refractivity contribution in [2.24, 2.45) is 0 Å². The van der Waals surface area contributed by atoms with Gasteiger partial charge in [-0.25, -0.2) is 0 Å². The topological polar surface area (TPSA) is 0 Å². The van der Waals surface area contributed by atoms with E-state index in [1.54, 1.807) is 0 Å². The molecule has 0 unspecified atom stereocenters. The fourth-order valence-corrected chi connectivity index (χ4v) is 0.622. The summed E-state index contributed by atoms with van der Waals surface area (Å²) < 4.78 is 0. The molecule has 0 fully saturated rings. The molecule has 0 saturated carbocycles. The summed E-state index contributed by atoms with van der Waals surface area (Å²) in [5.74, 6) is 0.782. The third-order valence-electron chi connectivity index (χ3n) is 0.890. The number of hydrogen-bond donors (Lipinski definition) is 0. The average molecular weight is 133 g/mol. The molecule has 0 aliphatic carbocycles. The minimum absolute atomic E-state index is 0.782. The zero-order valence-corrected chi connectivity index (χ0v) is 6.33. The molecular formula is C7H13Cl. The van der Waals surface area contributed by atoms with E-state index < -0.39 is 0 Å². The summed E-state index contributed by atoms with van der Waals surface area (Å²) in [6.45, 7) is 4.21. The first-order valence-electron chi connectivity index (χ1n) is 2.96. The highest BCUT2D eigenvalue weighted by Gasteiger charge is 1.79. The molecule has 0 aliphatic heterocycles. The van der Waals surface area contributed by atoms with Crippen LogP contribution in [0, 0.1) is 0 Å². The van der Waals surface area contributed by atoms with Gasteiger partial charge in [0.05, 0.1) is 0 Å². The summed E-state index contributed by atoms with van der Waals surface area (Å²) in [5.41, 5.74) is 1.38. The first-order chi connectivity index (χ1) is 3.77. The summed E-state index contributed by atoms with van der Waals surface area (Å²) in [6, 6.07) is 0. The van der Waals surface area contributed by atoms with Crippen molar-refractivity contribution in [2.75, 3.05) is 5.88 Å². The van der Waals surface area contributed by atoms with Crippen LogP contribution in [-0.2, 0) is 0 Å². The largest absolute Gasteiger partial charge is 0.127 e. The lowest BCUT2D eigenvalue weighted by atomic mass is 10.2. The molecule has 0 aromatic carbocycles. The van der Waals surface area contributed by atoms with Gasteiger partial charge in [-0.1, -0.05) is 11.6 Å². The van der Waals surface area contributed by atoms with E-state index in [4.69, 9.17) is 11.6 Å². The van der Waals surface area contributed by atoms with Crippen LogP contribution >= 0.6 is 11.6 Å². The molecular weight excluding hydrogens is 120 g/mol. The molecule has 0 amide bonds. The number of alkyl halides is 1.